The van der Waals surface area contributed by atoms with Crippen molar-refractivity contribution < 1.29 is 14.3 Å². The van der Waals surface area contributed by atoms with Gasteiger partial charge < -0.3 is 19.9 Å². The highest BCUT2D eigenvalue weighted by Gasteiger charge is 2.23. The van der Waals surface area contributed by atoms with E-state index in [1.54, 1.807) is 17.0 Å². The third-order valence-electron chi connectivity index (χ3n) is 7.01. The molecule has 2 aliphatic rings. The van der Waals surface area contributed by atoms with Gasteiger partial charge in [0, 0.05) is 44.5 Å². The minimum Gasteiger partial charge on any atom is -0.409 e. The predicted octanol–water partition coefficient (Wildman–Crippen LogP) is 4.34. The summed E-state index contributed by atoms with van der Waals surface area (Å²) in [5.41, 5.74) is 2.90. The van der Waals surface area contributed by atoms with Crippen LogP contribution in [0.3, 0.4) is 0 Å². The second kappa shape index (κ2) is 12.0. The summed E-state index contributed by atoms with van der Waals surface area (Å²) >= 11 is 0. The molecule has 38 heavy (non-hydrogen) atoms. The van der Waals surface area contributed by atoms with Crippen LogP contribution < -0.4 is 15.0 Å². The summed E-state index contributed by atoms with van der Waals surface area (Å²) in [4.78, 5) is 40.3. The van der Waals surface area contributed by atoms with E-state index in [0.717, 1.165) is 31.0 Å². The lowest BCUT2D eigenvalue weighted by Crippen LogP contribution is -2.49. The van der Waals surface area contributed by atoms with Crippen LogP contribution >= 0.6 is 0 Å². The van der Waals surface area contributed by atoms with Crippen molar-refractivity contribution in [2.24, 2.45) is 0 Å². The van der Waals surface area contributed by atoms with E-state index in [-0.39, 0.29) is 5.91 Å². The Morgan fingerprint density at radius 1 is 0.842 bits per heavy atom. The van der Waals surface area contributed by atoms with E-state index in [4.69, 9.17) is 4.74 Å². The molecule has 5 rings (SSSR count). The van der Waals surface area contributed by atoms with Crippen LogP contribution in [0.4, 0.5) is 16.4 Å². The third-order valence-corrected chi connectivity index (χ3v) is 7.01. The average Bonchev–Trinajstić information content (AvgIpc) is 2.95. The Bertz CT molecular complexity index is 1220. The number of hydrogen-bond donors (Lipinski definition) is 1. The maximum Gasteiger partial charge on any atom is 0.415 e. The van der Waals surface area contributed by atoms with Crippen LogP contribution in [-0.2, 0) is 6.54 Å². The van der Waals surface area contributed by atoms with Crippen LogP contribution in [0.5, 0.6) is 5.75 Å². The molecule has 0 aliphatic carbocycles. The summed E-state index contributed by atoms with van der Waals surface area (Å²) in [6, 6.07) is 15.0. The third kappa shape index (κ3) is 6.66. The number of piperazine rings is 1. The monoisotopic (exact) mass is 514 g/mol. The number of carbonyl (C=O) groups excluding carboxylic acids is 2. The molecule has 0 radical (unpaired) electrons. The molecule has 9 nitrogen and oxygen atoms in total. The van der Waals surface area contributed by atoms with Gasteiger partial charge in [0.2, 0.25) is 0 Å². The lowest BCUT2D eigenvalue weighted by Gasteiger charge is -2.34. The number of likely N-dealkylation sites (tertiary alicyclic amines) is 1. The molecule has 4 heterocycles. The van der Waals surface area contributed by atoms with Gasteiger partial charge in [0.25, 0.3) is 5.91 Å². The molecule has 0 atom stereocenters. The van der Waals surface area contributed by atoms with Crippen molar-refractivity contribution in [1.29, 1.82) is 0 Å². The summed E-state index contributed by atoms with van der Waals surface area (Å²) in [7, 11) is 0. The van der Waals surface area contributed by atoms with Crippen molar-refractivity contribution in [1.82, 2.24) is 19.8 Å². The number of carbonyl (C=O) groups is 2. The summed E-state index contributed by atoms with van der Waals surface area (Å²) in [6.45, 7) is 7.68. The summed E-state index contributed by atoms with van der Waals surface area (Å²) in [6.07, 6.45) is 6.72. The van der Waals surface area contributed by atoms with E-state index < -0.39 is 6.09 Å². The second-order valence-corrected chi connectivity index (χ2v) is 9.90. The fourth-order valence-electron chi connectivity index (χ4n) is 4.77. The number of nitrogens with one attached hydrogen (secondary N) is 1. The molecule has 0 unspecified atom stereocenters. The number of aryl methyl sites for hydroxylation is 1. The smallest absolute Gasteiger partial charge is 0.409 e. The number of hydrogen-bond acceptors (Lipinski definition) is 7. The lowest BCUT2D eigenvalue weighted by molar-refractivity contribution is 0.102. The Hall–Kier alpha value is -3.98. The fraction of sp³-hybridized carbons (Fsp3) is 0.379. The van der Waals surface area contributed by atoms with Gasteiger partial charge in [-0.2, -0.15) is 0 Å². The second-order valence-electron chi connectivity index (χ2n) is 9.90. The summed E-state index contributed by atoms with van der Waals surface area (Å²) in [5.74, 6) is 1.41. The number of rotatable bonds is 6. The predicted molar refractivity (Wildman–Crippen MR) is 147 cm³/mol. The number of ether oxygens (including phenoxy) is 1. The normalized spacial score (nSPS) is 16.2. The molecule has 3 aromatic rings. The molecule has 1 aromatic carbocycles. The van der Waals surface area contributed by atoms with Crippen molar-refractivity contribution in [3.05, 3.63) is 77.6 Å². The fourth-order valence-corrected chi connectivity index (χ4v) is 4.77. The molecule has 2 aliphatic heterocycles. The van der Waals surface area contributed by atoms with Crippen molar-refractivity contribution in [3.63, 3.8) is 0 Å². The summed E-state index contributed by atoms with van der Waals surface area (Å²) in [5, 5.41) is 2.80. The van der Waals surface area contributed by atoms with Gasteiger partial charge >= 0.3 is 6.09 Å². The van der Waals surface area contributed by atoms with Gasteiger partial charge in [-0.15, -0.1) is 0 Å². The highest BCUT2D eigenvalue weighted by Crippen LogP contribution is 2.18. The first-order valence-corrected chi connectivity index (χ1v) is 13.3. The maximum atomic E-state index is 12.7. The minimum absolute atomic E-state index is 0.229. The van der Waals surface area contributed by atoms with E-state index in [9.17, 15) is 9.59 Å². The first-order valence-electron chi connectivity index (χ1n) is 13.3. The maximum absolute atomic E-state index is 12.7. The first kappa shape index (κ1) is 25.7. The van der Waals surface area contributed by atoms with Gasteiger partial charge in [0.1, 0.15) is 11.6 Å². The van der Waals surface area contributed by atoms with Crippen LogP contribution in [0.25, 0.3) is 0 Å². The molecule has 2 saturated heterocycles. The molecular formula is C29H34N6O3. The molecule has 9 heteroatoms. The van der Waals surface area contributed by atoms with Crippen molar-refractivity contribution in [2.45, 2.75) is 32.7 Å². The van der Waals surface area contributed by atoms with Gasteiger partial charge in [0.15, 0.2) is 5.75 Å². The Labute approximate surface area is 223 Å². The van der Waals surface area contributed by atoms with Gasteiger partial charge in [-0.25, -0.2) is 14.8 Å². The Kier molecular flexibility index (Phi) is 8.13. The SMILES string of the molecule is Cc1ccc(N2CCN(C(=O)Oc3ccc(NC(=O)c4ccc(CN5CCCCC5)cc4)nc3)CC2)nc1. The minimum atomic E-state index is -0.412. The van der Waals surface area contributed by atoms with E-state index in [2.05, 4.69) is 25.1 Å². The molecule has 2 fully saturated rings. The van der Waals surface area contributed by atoms with Crippen molar-refractivity contribution in [3.8, 4) is 5.75 Å². The Morgan fingerprint density at radius 2 is 1.61 bits per heavy atom. The molecule has 2 aromatic heterocycles. The Morgan fingerprint density at radius 3 is 2.26 bits per heavy atom. The van der Waals surface area contributed by atoms with E-state index >= 15 is 0 Å². The molecule has 0 spiro atoms. The van der Waals surface area contributed by atoms with E-state index in [1.807, 2.05) is 49.5 Å². The van der Waals surface area contributed by atoms with Gasteiger partial charge in [-0.1, -0.05) is 24.6 Å². The zero-order valence-electron chi connectivity index (χ0n) is 21.8. The molecule has 0 bridgehead atoms. The van der Waals surface area contributed by atoms with Crippen molar-refractivity contribution in [2.75, 3.05) is 49.5 Å². The van der Waals surface area contributed by atoms with Crippen LogP contribution in [-0.4, -0.2) is 71.0 Å². The molecule has 0 saturated carbocycles. The standard InChI is InChI=1S/C29H34N6O3/c1-22-5-12-27(31-19-22)34-15-17-35(18-16-34)29(37)38-25-10-11-26(30-20-25)32-28(36)24-8-6-23(7-9-24)21-33-13-3-2-4-14-33/h5-12,19-20H,2-4,13-18,21H2,1H3,(H,30,32,36). The topological polar surface area (TPSA) is 90.9 Å². The van der Waals surface area contributed by atoms with Gasteiger partial charge in [-0.3, -0.25) is 9.69 Å². The van der Waals surface area contributed by atoms with E-state index in [1.165, 1.54) is 31.0 Å². The number of benzene rings is 1. The average molecular weight is 515 g/mol. The number of nitrogens with zero attached hydrogens (tertiary/aromatic N) is 5. The molecule has 1 N–H and O–H groups in total. The largest absolute Gasteiger partial charge is 0.415 e. The lowest BCUT2D eigenvalue weighted by atomic mass is 10.1. The number of pyridine rings is 2. The van der Waals surface area contributed by atoms with Crippen LogP contribution in [0.2, 0.25) is 0 Å². The summed E-state index contributed by atoms with van der Waals surface area (Å²) < 4.78 is 5.50. The zero-order valence-corrected chi connectivity index (χ0v) is 21.8. The first-order chi connectivity index (χ1) is 18.5. The highest BCUT2D eigenvalue weighted by atomic mass is 16.6. The van der Waals surface area contributed by atoms with Gasteiger partial charge in [-0.05, 0) is 74.3 Å². The number of aromatic nitrogens is 2. The van der Waals surface area contributed by atoms with Crippen LogP contribution in [0, 0.1) is 6.92 Å². The Balaban J connectivity index is 1.08. The van der Waals surface area contributed by atoms with Gasteiger partial charge in [0.05, 0.1) is 6.20 Å². The molecule has 198 valence electrons. The van der Waals surface area contributed by atoms with Crippen LogP contribution in [0.1, 0.15) is 40.7 Å². The van der Waals surface area contributed by atoms with Crippen LogP contribution in [0.15, 0.2) is 60.9 Å². The molecule has 2 amide bonds. The number of anilines is 2. The zero-order chi connectivity index (χ0) is 26.3. The number of piperidine rings is 1. The quantitative estimate of drug-likeness (QED) is 0.523. The molecular weight excluding hydrogens is 480 g/mol. The van der Waals surface area contributed by atoms with E-state index in [0.29, 0.717) is 43.3 Å². The number of amides is 2. The highest BCUT2D eigenvalue weighted by molar-refractivity contribution is 6.03. The van der Waals surface area contributed by atoms with Crippen molar-refractivity contribution >= 4 is 23.6 Å².